The second-order valence-corrected chi connectivity index (χ2v) is 6.10. The predicted molar refractivity (Wildman–Crippen MR) is 84.3 cm³/mol. The number of aromatic nitrogens is 2. The van der Waals surface area contributed by atoms with E-state index in [1.54, 1.807) is 19.0 Å². The maximum Gasteiger partial charge on any atom is 0.433 e. The highest BCUT2D eigenvalue weighted by Crippen LogP contribution is 2.32. The molecule has 1 N–H and O–H groups in total. The van der Waals surface area contributed by atoms with Gasteiger partial charge in [0.1, 0.15) is 5.82 Å². The molecular formula is C15H21F3N4O3. The molecule has 140 valence electrons. The average molecular weight is 362 g/mol. The minimum atomic E-state index is -4.57. The Kier molecular flexibility index (Phi) is 5.71. The molecule has 1 aliphatic rings. The predicted octanol–water partition coefficient (Wildman–Crippen LogP) is 1.31. The van der Waals surface area contributed by atoms with Crippen LogP contribution in [-0.4, -0.2) is 61.4 Å². The van der Waals surface area contributed by atoms with Crippen LogP contribution in [0.25, 0.3) is 0 Å². The number of piperidine rings is 1. The van der Waals surface area contributed by atoms with Crippen molar-refractivity contribution in [2.75, 3.05) is 44.1 Å². The molecule has 1 atom stereocenters. The van der Waals surface area contributed by atoms with E-state index in [1.807, 2.05) is 0 Å². The molecule has 0 spiro atoms. The zero-order valence-electron chi connectivity index (χ0n) is 14.2. The number of rotatable bonds is 4. The molecule has 2 heterocycles. The summed E-state index contributed by atoms with van der Waals surface area (Å²) in [6.45, 7) is 0.680. The lowest BCUT2D eigenvalue weighted by molar-refractivity contribution is -0.153. The fraction of sp³-hybridized carbons (Fsp3) is 0.667. The standard InChI is InChI=1S/C15H21F3N4O3/c1-21(2)11-8-10(15(16,17)18)19-14(20-11)22-6-4-9(5-7-22)12(23)13(24)25-3/h8-9,12,23H,4-7H2,1-3H3. The van der Waals surface area contributed by atoms with Gasteiger partial charge in [-0.15, -0.1) is 0 Å². The van der Waals surface area contributed by atoms with Crippen molar-refractivity contribution in [2.45, 2.75) is 25.1 Å². The summed E-state index contributed by atoms with van der Waals surface area (Å²) in [4.78, 5) is 22.3. The molecule has 0 amide bonds. The number of ether oxygens (including phenoxy) is 1. The molecule has 7 nitrogen and oxygen atoms in total. The Labute approximate surface area is 143 Å². The molecule has 1 saturated heterocycles. The minimum absolute atomic E-state index is 0.00969. The van der Waals surface area contributed by atoms with Gasteiger partial charge in [0.15, 0.2) is 11.8 Å². The fourth-order valence-corrected chi connectivity index (χ4v) is 2.67. The van der Waals surface area contributed by atoms with Gasteiger partial charge < -0.3 is 19.6 Å². The number of alkyl halides is 3. The monoisotopic (exact) mass is 362 g/mol. The Bertz CT molecular complexity index is 617. The van der Waals surface area contributed by atoms with Crippen LogP contribution in [0.15, 0.2) is 6.07 Å². The topological polar surface area (TPSA) is 78.8 Å². The molecule has 1 aromatic heterocycles. The molecule has 1 fully saturated rings. The third-order valence-electron chi connectivity index (χ3n) is 4.16. The summed E-state index contributed by atoms with van der Waals surface area (Å²) in [5.41, 5.74) is -1.00. The maximum absolute atomic E-state index is 13.1. The van der Waals surface area contributed by atoms with Crippen molar-refractivity contribution in [3.63, 3.8) is 0 Å². The SMILES string of the molecule is COC(=O)C(O)C1CCN(c2nc(N(C)C)cc(C(F)(F)F)n2)CC1. The Morgan fingerprint density at radius 1 is 1.36 bits per heavy atom. The molecule has 1 aliphatic heterocycles. The first-order valence-electron chi connectivity index (χ1n) is 7.78. The summed E-state index contributed by atoms with van der Waals surface area (Å²) in [5, 5.41) is 9.89. The van der Waals surface area contributed by atoms with Crippen LogP contribution in [0.1, 0.15) is 18.5 Å². The van der Waals surface area contributed by atoms with E-state index in [0.717, 1.165) is 6.07 Å². The van der Waals surface area contributed by atoms with Crippen molar-refractivity contribution in [1.29, 1.82) is 0 Å². The van der Waals surface area contributed by atoms with E-state index in [1.165, 1.54) is 12.0 Å². The zero-order chi connectivity index (χ0) is 18.8. The van der Waals surface area contributed by atoms with Gasteiger partial charge in [-0.2, -0.15) is 18.2 Å². The van der Waals surface area contributed by atoms with Crippen LogP contribution in [0.3, 0.4) is 0 Å². The van der Waals surface area contributed by atoms with Crippen molar-refractivity contribution in [1.82, 2.24) is 9.97 Å². The van der Waals surface area contributed by atoms with Gasteiger partial charge in [-0.05, 0) is 18.8 Å². The molecule has 0 saturated carbocycles. The summed E-state index contributed by atoms with van der Waals surface area (Å²) in [7, 11) is 4.40. The summed E-state index contributed by atoms with van der Waals surface area (Å²) in [5.74, 6) is -0.856. The van der Waals surface area contributed by atoms with E-state index < -0.39 is 23.9 Å². The van der Waals surface area contributed by atoms with E-state index in [9.17, 15) is 23.1 Å². The van der Waals surface area contributed by atoms with Gasteiger partial charge in [0.25, 0.3) is 0 Å². The van der Waals surface area contributed by atoms with E-state index in [4.69, 9.17) is 0 Å². The Hall–Kier alpha value is -2.10. The van der Waals surface area contributed by atoms with Crippen LogP contribution in [0, 0.1) is 5.92 Å². The van der Waals surface area contributed by atoms with Crippen LogP contribution < -0.4 is 9.80 Å². The van der Waals surface area contributed by atoms with Crippen LogP contribution in [0.4, 0.5) is 24.9 Å². The number of carbonyl (C=O) groups is 1. The molecule has 10 heteroatoms. The Balaban J connectivity index is 2.17. The lowest BCUT2D eigenvalue weighted by Crippen LogP contribution is -2.41. The summed E-state index contributed by atoms with van der Waals surface area (Å²) < 4.78 is 43.7. The van der Waals surface area contributed by atoms with Gasteiger partial charge >= 0.3 is 12.1 Å². The second kappa shape index (κ2) is 7.42. The van der Waals surface area contributed by atoms with Crippen LogP contribution in [-0.2, 0) is 15.7 Å². The van der Waals surface area contributed by atoms with Crippen LogP contribution >= 0.6 is 0 Å². The first kappa shape index (κ1) is 19.2. The number of aliphatic hydroxyl groups excluding tert-OH is 1. The number of methoxy groups -OCH3 is 1. The lowest BCUT2D eigenvalue weighted by atomic mass is 9.91. The van der Waals surface area contributed by atoms with Gasteiger partial charge in [0.2, 0.25) is 5.95 Å². The molecule has 0 aliphatic carbocycles. The normalized spacial score (nSPS) is 17.3. The highest BCUT2D eigenvalue weighted by atomic mass is 19.4. The first-order chi connectivity index (χ1) is 11.6. The fourth-order valence-electron chi connectivity index (χ4n) is 2.67. The van der Waals surface area contributed by atoms with Crippen molar-refractivity contribution >= 4 is 17.7 Å². The minimum Gasteiger partial charge on any atom is -0.467 e. The van der Waals surface area contributed by atoms with Crippen molar-refractivity contribution < 1.29 is 27.8 Å². The van der Waals surface area contributed by atoms with E-state index >= 15 is 0 Å². The van der Waals surface area contributed by atoms with E-state index in [2.05, 4.69) is 14.7 Å². The first-order valence-corrected chi connectivity index (χ1v) is 7.78. The molecule has 2 rings (SSSR count). The highest BCUT2D eigenvalue weighted by Gasteiger charge is 2.36. The number of hydrogen-bond donors (Lipinski definition) is 1. The number of nitrogens with zero attached hydrogens (tertiary/aromatic N) is 4. The largest absolute Gasteiger partial charge is 0.467 e. The van der Waals surface area contributed by atoms with Crippen molar-refractivity contribution in [3.8, 4) is 0 Å². The quantitative estimate of drug-likeness (QED) is 0.809. The van der Waals surface area contributed by atoms with Crippen LogP contribution in [0.5, 0.6) is 0 Å². The summed E-state index contributed by atoms with van der Waals surface area (Å²) >= 11 is 0. The molecule has 0 radical (unpaired) electrons. The Morgan fingerprint density at radius 3 is 2.44 bits per heavy atom. The molecule has 0 aromatic carbocycles. The second-order valence-electron chi connectivity index (χ2n) is 6.10. The summed E-state index contributed by atoms with van der Waals surface area (Å²) in [6, 6.07) is 0.900. The highest BCUT2D eigenvalue weighted by molar-refractivity contribution is 5.74. The van der Waals surface area contributed by atoms with E-state index in [-0.39, 0.29) is 17.7 Å². The van der Waals surface area contributed by atoms with Crippen molar-refractivity contribution in [3.05, 3.63) is 11.8 Å². The van der Waals surface area contributed by atoms with Gasteiger partial charge in [0.05, 0.1) is 7.11 Å². The average Bonchev–Trinajstić information content (AvgIpc) is 2.59. The molecule has 1 unspecified atom stereocenters. The third kappa shape index (κ3) is 4.50. The summed E-state index contributed by atoms with van der Waals surface area (Å²) in [6.07, 6.45) is -4.95. The lowest BCUT2D eigenvalue weighted by Gasteiger charge is -2.33. The van der Waals surface area contributed by atoms with Gasteiger partial charge in [-0.3, -0.25) is 0 Å². The molecule has 0 bridgehead atoms. The number of aliphatic hydroxyl groups is 1. The zero-order valence-corrected chi connectivity index (χ0v) is 14.2. The number of hydrogen-bond acceptors (Lipinski definition) is 7. The van der Waals surface area contributed by atoms with Gasteiger partial charge in [-0.1, -0.05) is 0 Å². The molecule has 25 heavy (non-hydrogen) atoms. The van der Waals surface area contributed by atoms with Gasteiger partial charge in [0, 0.05) is 33.3 Å². The molecule has 1 aromatic rings. The Morgan fingerprint density at radius 2 is 1.96 bits per heavy atom. The van der Waals surface area contributed by atoms with Crippen molar-refractivity contribution in [2.24, 2.45) is 5.92 Å². The number of anilines is 2. The van der Waals surface area contributed by atoms with Crippen LogP contribution in [0.2, 0.25) is 0 Å². The van der Waals surface area contributed by atoms with E-state index in [0.29, 0.717) is 25.9 Å². The number of carbonyl (C=O) groups excluding carboxylic acids is 1. The van der Waals surface area contributed by atoms with Gasteiger partial charge in [-0.25, -0.2) is 9.78 Å². The maximum atomic E-state index is 13.1. The smallest absolute Gasteiger partial charge is 0.433 e. The number of halogens is 3. The molecular weight excluding hydrogens is 341 g/mol. The number of esters is 1. The third-order valence-corrected chi connectivity index (χ3v) is 4.16.